The highest BCUT2D eigenvalue weighted by Gasteiger charge is 2.28. The summed E-state index contributed by atoms with van der Waals surface area (Å²) in [6.07, 6.45) is 37.4. The van der Waals surface area contributed by atoms with Gasteiger partial charge < -0.3 is 25.2 Å². The molecule has 0 fully saturated rings. The summed E-state index contributed by atoms with van der Waals surface area (Å²) in [6, 6.07) is -1.53. The van der Waals surface area contributed by atoms with Crippen molar-refractivity contribution in [1.29, 1.82) is 0 Å². The van der Waals surface area contributed by atoms with E-state index in [1.807, 2.05) is 12.2 Å². The molecule has 51 heavy (non-hydrogen) atoms. The van der Waals surface area contributed by atoms with Gasteiger partial charge in [-0.25, -0.2) is 4.57 Å². The van der Waals surface area contributed by atoms with E-state index in [0.29, 0.717) is 12.8 Å². The van der Waals surface area contributed by atoms with E-state index < -0.39 is 51.1 Å². The maximum absolute atomic E-state index is 12.5. The molecule has 0 saturated heterocycles. The Morgan fingerprint density at radius 1 is 0.627 bits per heavy atom. The minimum atomic E-state index is -4.73. The molecule has 0 aliphatic heterocycles. The van der Waals surface area contributed by atoms with E-state index in [2.05, 4.69) is 67.0 Å². The van der Waals surface area contributed by atoms with Gasteiger partial charge in [0.2, 0.25) is 0 Å². The highest BCUT2D eigenvalue weighted by molar-refractivity contribution is 7.47. The van der Waals surface area contributed by atoms with Gasteiger partial charge in [0.15, 0.2) is 6.10 Å². The molecule has 2 unspecified atom stereocenters. The van der Waals surface area contributed by atoms with Crippen molar-refractivity contribution in [3.63, 3.8) is 0 Å². The standard InChI is InChI=1S/C39H66NO10P/c1-3-5-7-9-11-13-15-17-19-20-22-24-26-28-30-37(41)47-32-35(33-48-51(45,46)49-34-36(40)39(43)44)50-38(42)31-29-27-25-23-21-18-16-14-12-10-8-6-4-2/h5,7,11,13,17-19,21,25,27,35-36H,3-4,6,8-10,12,14-16,20,22-24,26,28-34,40H2,1-2H3,(H,43,44)(H,45,46)/b7-5+,13-11+,19-17+,21-18+,27-25+/t35?,36-/m0/s1. The Kier molecular flexibility index (Phi) is 32.4. The van der Waals surface area contributed by atoms with Gasteiger partial charge in [-0.2, -0.15) is 0 Å². The highest BCUT2D eigenvalue weighted by atomic mass is 31.2. The van der Waals surface area contributed by atoms with Gasteiger partial charge in [-0.05, 0) is 64.2 Å². The first kappa shape index (κ1) is 48.2. The molecule has 3 atom stereocenters. The SMILES string of the molecule is CC/C=C/C/C=C/C/C=C/CCCCCCC(=O)OCC(COP(=O)(O)OC[C@H](N)C(=O)O)OC(=O)CC/C=C/C/C=C/CCCCCCCC. The summed E-state index contributed by atoms with van der Waals surface area (Å²) in [6.45, 7) is 2.56. The highest BCUT2D eigenvalue weighted by Crippen LogP contribution is 2.43. The predicted molar refractivity (Wildman–Crippen MR) is 203 cm³/mol. The number of allylic oxidation sites excluding steroid dienone is 10. The number of hydrogen-bond acceptors (Lipinski definition) is 9. The molecule has 0 aromatic heterocycles. The maximum Gasteiger partial charge on any atom is 0.472 e. The third-order valence-corrected chi connectivity index (χ3v) is 8.46. The van der Waals surface area contributed by atoms with Crippen LogP contribution in [0.25, 0.3) is 0 Å². The second kappa shape index (κ2) is 34.3. The first-order chi connectivity index (χ1) is 24.6. The fraction of sp³-hybridized carbons (Fsp3) is 0.667. The molecule has 0 bridgehead atoms. The summed E-state index contributed by atoms with van der Waals surface area (Å²) in [7, 11) is -4.73. The van der Waals surface area contributed by atoms with Crippen LogP contribution < -0.4 is 5.73 Å². The second-order valence-electron chi connectivity index (χ2n) is 12.3. The average molecular weight is 740 g/mol. The molecular weight excluding hydrogens is 673 g/mol. The Balaban J connectivity index is 4.58. The summed E-state index contributed by atoms with van der Waals surface area (Å²) >= 11 is 0. The van der Waals surface area contributed by atoms with E-state index in [-0.39, 0.29) is 19.4 Å². The Morgan fingerprint density at radius 2 is 1.14 bits per heavy atom. The summed E-state index contributed by atoms with van der Waals surface area (Å²) in [5.74, 6) is -2.50. The minimum Gasteiger partial charge on any atom is -0.480 e. The smallest absolute Gasteiger partial charge is 0.472 e. The Morgan fingerprint density at radius 3 is 1.73 bits per heavy atom. The molecule has 12 heteroatoms. The van der Waals surface area contributed by atoms with Crippen molar-refractivity contribution < 1.29 is 47.5 Å². The van der Waals surface area contributed by atoms with E-state index in [1.165, 1.54) is 38.5 Å². The molecule has 292 valence electrons. The van der Waals surface area contributed by atoms with Crippen LogP contribution in [-0.4, -0.2) is 59.9 Å². The van der Waals surface area contributed by atoms with Crippen molar-refractivity contribution >= 4 is 25.7 Å². The van der Waals surface area contributed by atoms with Crippen molar-refractivity contribution in [3.05, 3.63) is 60.8 Å². The van der Waals surface area contributed by atoms with E-state index in [1.54, 1.807) is 0 Å². The molecule has 0 aliphatic carbocycles. The number of esters is 2. The van der Waals surface area contributed by atoms with Crippen LogP contribution in [0.4, 0.5) is 0 Å². The fourth-order valence-electron chi connectivity index (χ4n) is 4.54. The summed E-state index contributed by atoms with van der Waals surface area (Å²) < 4.78 is 32.4. The third-order valence-electron chi connectivity index (χ3n) is 7.51. The molecule has 11 nitrogen and oxygen atoms in total. The number of carboxylic acid groups (broad SMARTS) is 1. The molecule has 4 N–H and O–H groups in total. The van der Waals surface area contributed by atoms with Gasteiger partial charge in [-0.1, -0.05) is 120 Å². The number of rotatable bonds is 34. The number of carbonyl (C=O) groups is 3. The molecule has 0 amide bonds. The van der Waals surface area contributed by atoms with Gasteiger partial charge in [0.05, 0.1) is 13.2 Å². The maximum atomic E-state index is 12.5. The minimum absolute atomic E-state index is 0.0473. The molecule has 0 aliphatic rings. The number of ether oxygens (including phenoxy) is 2. The molecule has 0 radical (unpaired) electrons. The number of hydrogen-bond donors (Lipinski definition) is 3. The number of phosphoric ester groups is 1. The average Bonchev–Trinajstić information content (AvgIpc) is 3.10. The third kappa shape index (κ3) is 34.1. The monoisotopic (exact) mass is 739 g/mol. The van der Waals surface area contributed by atoms with Crippen molar-refractivity contribution in [2.45, 2.75) is 148 Å². The topological polar surface area (TPSA) is 172 Å². The first-order valence-electron chi connectivity index (χ1n) is 18.8. The van der Waals surface area contributed by atoms with Gasteiger partial charge in [-0.15, -0.1) is 0 Å². The lowest BCUT2D eigenvalue weighted by atomic mass is 10.1. The van der Waals surface area contributed by atoms with Crippen LogP contribution >= 0.6 is 7.82 Å². The lowest BCUT2D eigenvalue weighted by Gasteiger charge is -2.20. The summed E-state index contributed by atoms with van der Waals surface area (Å²) in [4.78, 5) is 45.7. The van der Waals surface area contributed by atoms with Crippen molar-refractivity contribution in [2.75, 3.05) is 19.8 Å². The van der Waals surface area contributed by atoms with Gasteiger partial charge in [0, 0.05) is 12.8 Å². The zero-order valence-electron chi connectivity index (χ0n) is 31.2. The molecular formula is C39H66NO10P. The quantitative estimate of drug-likeness (QED) is 0.0249. The summed E-state index contributed by atoms with van der Waals surface area (Å²) in [5.41, 5.74) is 5.31. The van der Waals surface area contributed by atoms with Crippen LogP contribution in [0.15, 0.2) is 60.8 Å². The van der Waals surface area contributed by atoms with Crippen LogP contribution in [-0.2, 0) is 37.5 Å². The zero-order chi connectivity index (χ0) is 37.8. The van der Waals surface area contributed by atoms with E-state index in [0.717, 1.165) is 57.8 Å². The Hall–Kier alpha value is -2.82. The van der Waals surface area contributed by atoms with Gasteiger partial charge >= 0.3 is 25.7 Å². The van der Waals surface area contributed by atoms with Crippen molar-refractivity contribution in [2.24, 2.45) is 5.73 Å². The van der Waals surface area contributed by atoms with Crippen LogP contribution in [0.5, 0.6) is 0 Å². The van der Waals surface area contributed by atoms with Gasteiger partial charge in [0.25, 0.3) is 0 Å². The van der Waals surface area contributed by atoms with Crippen LogP contribution in [0.3, 0.4) is 0 Å². The van der Waals surface area contributed by atoms with Crippen LogP contribution in [0.1, 0.15) is 136 Å². The normalized spacial score (nSPS) is 14.6. The van der Waals surface area contributed by atoms with E-state index >= 15 is 0 Å². The van der Waals surface area contributed by atoms with E-state index in [4.69, 9.17) is 24.8 Å². The molecule has 0 rings (SSSR count). The largest absolute Gasteiger partial charge is 0.480 e. The van der Waals surface area contributed by atoms with Gasteiger partial charge in [0.1, 0.15) is 12.6 Å². The van der Waals surface area contributed by atoms with Gasteiger partial charge in [-0.3, -0.25) is 23.4 Å². The predicted octanol–water partition coefficient (Wildman–Crippen LogP) is 9.22. The molecule has 0 spiro atoms. The number of aliphatic carboxylic acids is 1. The zero-order valence-corrected chi connectivity index (χ0v) is 32.1. The number of unbranched alkanes of at least 4 members (excludes halogenated alkanes) is 10. The molecule has 0 heterocycles. The molecule has 0 saturated carbocycles. The molecule has 0 aromatic carbocycles. The Labute approximate surface area is 307 Å². The Bertz CT molecular complexity index is 1100. The number of nitrogens with two attached hydrogens (primary N) is 1. The molecule has 0 aromatic rings. The summed E-state index contributed by atoms with van der Waals surface area (Å²) in [5, 5.41) is 8.85. The number of carboxylic acids is 1. The van der Waals surface area contributed by atoms with Crippen molar-refractivity contribution in [1.82, 2.24) is 0 Å². The van der Waals surface area contributed by atoms with Crippen LogP contribution in [0, 0.1) is 0 Å². The second-order valence-corrected chi connectivity index (χ2v) is 13.8. The number of carbonyl (C=O) groups excluding carboxylic acids is 2. The van der Waals surface area contributed by atoms with Crippen molar-refractivity contribution in [3.8, 4) is 0 Å². The number of phosphoric acid groups is 1. The van der Waals surface area contributed by atoms with Crippen LogP contribution in [0.2, 0.25) is 0 Å². The lowest BCUT2D eigenvalue weighted by Crippen LogP contribution is -2.34. The van der Waals surface area contributed by atoms with E-state index in [9.17, 15) is 23.8 Å². The first-order valence-corrected chi connectivity index (χ1v) is 20.3. The fourth-order valence-corrected chi connectivity index (χ4v) is 5.32. The lowest BCUT2D eigenvalue weighted by molar-refractivity contribution is -0.161.